The van der Waals surface area contributed by atoms with Gasteiger partial charge in [0.25, 0.3) is 0 Å². The quantitative estimate of drug-likeness (QED) is 0.301. The zero-order chi connectivity index (χ0) is 21.7. The highest BCUT2D eigenvalue weighted by Gasteiger charge is 2.17. The van der Waals surface area contributed by atoms with E-state index in [0.717, 1.165) is 0 Å². The lowest BCUT2D eigenvalue weighted by Crippen LogP contribution is -1.97. The first kappa shape index (κ1) is 20.9. The van der Waals surface area contributed by atoms with Gasteiger partial charge in [0.05, 0.1) is 0 Å². The molecular formula is C30H36. The second-order valence-electron chi connectivity index (χ2n) is 10.3. The van der Waals surface area contributed by atoms with E-state index in [0.29, 0.717) is 23.7 Å². The van der Waals surface area contributed by atoms with Crippen LogP contribution in [0.5, 0.6) is 0 Å². The molecule has 0 amide bonds. The molecule has 0 N–H and O–H groups in total. The fourth-order valence-electron chi connectivity index (χ4n) is 4.81. The molecular weight excluding hydrogens is 360 g/mol. The molecule has 0 heterocycles. The van der Waals surface area contributed by atoms with Crippen LogP contribution in [-0.2, 0) is 0 Å². The number of rotatable bonds is 4. The molecule has 0 aliphatic carbocycles. The first-order valence-corrected chi connectivity index (χ1v) is 11.7. The summed E-state index contributed by atoms with van der Waals surface area (Å²) in [5, 5.41) is 8.46. The molecule has 0 radical (unpaired) electrons. The standard InChI is InChI=1S/C30H36/c1-17(2)21-9-11-23-27(13-21)25(19(5)6)15-30-24-12-10-22(18(3)4)14-28(24)26(20(7)8)16-29(23)30/h9-20H,1-8H3. The molecule has 156 valence electrons. The highest BCUT2D eigenvalue weighted by Crippen LogP contribution is 2.41. The van der Waals surface area contributed by atoms with Gasteiger partial charge in [-0.3, -0.25) is 0 Å². The van der Waals surface area contributed by atoms with Crippen molar-refractivity contribution in [1.82, 2.24) is 0 Å². The van der Waals surface area contributed by atoms with Crippen LogP contribution >= 0.6 is 0 Å². The van der Waals surface area contributed by atoms with Crippen molar-refractivity contribution in [2.75, 3.05) is 0 Å². The van der Waals surface area contributed by atoms with E-state index in [1.165, 1.54) is 54.6 Å². The third kappa shape index (κ3) is 3.41. The number of fused-ring (bicyclic) bond motifs is 5. The third-order valence-corrected chi connectivity index (χ3v) is 6.76. The average Bonchev–Trinajstić information content (AvgIpc) is 2.70. The number of benzene rings is 4. The molecule has 0 nitrogen and oxygen atoms in total. The van der Waals surface area contributed by atoms with Crippen LogP contribution in [0.25, 0.3) is 32.3 Å². The molecule has 4 aromatic rings. The number of hydrogen-bond donors (Lipinski definition) is 0. The van der Waals surface area contributed by atoms with Crippen molar-refractivity contribution in [1.29, 1.82) is 0 Å². The van der Waals surface area contributed by atoms with Gasteiger partial charge in [-0.1, -0.05) is 91.8 Å². The van der Waals surface area contributed by atoms with Gasteiger partial charge < -0.3 is 0 Å². The van der Waals surface area contributed by atoms with Crippen LogP contribution < -0.4 is 0 Å². The van der Waals surface area contributed by atoms with E-state index >= 15 is 0 Å². The van der Waals surface area contributed by atoms with Gasteiger partial charge in [0.15, 0.2) is 0 Å². The number of hydrogen-bond acceptors (Lipinski definition) is 0. The first-order chi connectivity index (χ1) is 14.2. The summed E-state index contributed by atoms with van der Waals surface area (Å²) in [7, 11) is 0. The maximum absolute atomic E-state index is 2.48. The fourth-order valence-corrected chi connectivity index (χ4v) is 4.81. The van der Waals surface area contributed by atoms with Crippen molar-refractivity contribution in [3.8, 4) is 0 Å². The molecule has 0 fully saturated rings. The zero-order valence-corrected chi connectivity index (χ0v) is 19.9. The summed E-state index contributed by atoms with van der Waals surface area (Å²) < 4.78 is 0. The zero-order valence-electron chi connectivity index (χ0n) is 19.9. The Bertz CT molecular complexity index is 1140. The van der Waals surface area contributed by atoms with E-state index in [2.05, 4.69) is 104 Å². The Balaban J connectivity index is 2.20. The molecule has 4 rings (SSSR count). The first-order valence-electron chi connectivity index (χ1n) is 11.7. The lowest BCUT2D eigenvalue weighted by molar-refractivity contribution is 0.862. The van der Waals surface area contributed by atoms with Crippen LogP contribution in [0.1, 0.15) is 101 Å². The lowest BCUT2D eigenvalue weighted by Gasteiger charge is -2.20. The molecule has 0 aliphatic heterocycles. The second kappa shape index (κ2) is 7.73. The molecule has 4 aromatic carbocycles. The summed E-state index contributed by atoms with van der Waals surface area (Å²) in [4.78, 5) is 0. The van der Waals surface area contributed by atoms with Crippen LogP contribution in [0.2, 0.25) is 0 Å². The monoisotopic (exact) mass is 396 g/mol. The fraction of sp³-hybridized carbons (Fsp3) is 0.400. The SMILES string of the molecule is CC(C)c1ccc2c(c1)c(C(C)C)cc1c3ccc(C(C)C)cc3c(C(C)C)cc21. The van der Waals surface area contributed by atoms with Gasteiger partial charge in [0, 0.05) is 0 Å². The summed E-state index contributed by atoms with van der Waals surface area (Å²) >= 11 is 0. The van der Waals surface area contributed by atoms with E-state index in [9.17, 15) is 0 Å². The van der Waals surface area contributed by atoms with Crippen molar-refractivity contribution in [3.63, 3.8) is 0 Å². The molecule has 0 heteroatoms. The predicted octanol–water partition coefficient (Wildman–Crippen LogP) is 9.64. The summed E-state index contributed by atoms with van der Waals surface area (Å²) in [6.07, 6.45) is 0. The predicted molar refractivity (Wildman–Crippen MR) is 135 cm³/mol. The Morgan fingerprint density at radius 2 is 0.733 bits per heavy atom. The van der Waals surface area contributed by atoms with Gasteiger partial charge in [-0.15, -0.1) is 0 Å². The molecule has 0 saturated heterocycles. The van der Waals surface area contributed by atoms with Crippen molar-refractivity contribution in [2.45, 2.75) is 79.1 Å². The topological polar surface area (TPSA) is 0 Å². The second-order valence-corrected chi connectivity index (χ2v) is 10.3. The van der Waals surface area contributed by atoms with Crippen LogP contribution in [0.15, 0.2) is 48.5 Å². The molecule has 0 bridgehead atoms. The molecule has 0 unspecified atom stereocenters. The Hall–Kier alpha value is -2.34. The van der Waals surface area contributed by atoms with E-state index in [-0.39, 0.29) is 0 Å². The minimum Gasteiger partial charge on any atom is -0.0587 e. The normalized spacial score (nSPS) is 12.5. The maximum atomic E-state index is 2.48. The summed E-state index contributed by atoms with van der Waals surface area (Å²) in [5.41, 5.74) is 5.78. The van der Waals surface area contributed by atoms with Crippen molar-refractivity contribution >= 4 is 32.3 Å². The maximum Gasteiger partial charge on any atom is -0.00959 e. The van der Waals surface area contributed by atoms with E-state index in [1.807, 2.05) is 0 Å². The summed E-state index contributed by atoms with van der Waals surface area (Å²) in [6, 6.07) is 19.2. The molecule has 0 aliphatic rings. The molecule has 0 spiro atoms. The summed E-state index contributed by atoms with van der Waals surface area (Å²) in [6.45, 7) is 18.4. The van der Waals surface area contributed by atoms with Gasteiger partial charge in [-0.05, 0) is 90.4 Å². The average molecular weight is 397 g/mol. The van der Waals surface area contributed by atoms with Gasteiger partial charge in [-0.2, -0.15) is 0 Å². The highest BCUT2D eigenvalue weighted by molar-refractivity contribution is 6.19. The van der Waals surface area contributed by atoms with Crippen molar-refractivity contribution < 1.29 is 0 Å². The minimum atomic E-state index is 0.495. The smallest absolute Gasteiger partial charge is 0.00959 e. The van der Waals surface area contributed by atoms with Gasteiger partial charge in [-0.25, -0.2) is 0 Å². The Morgan fingerprint density at radius 3 is 1.03 bits per heavy atom. The molecule has 30 heavy (non-hydrogen) atoms. The van der Waals surface area contributed by atoms with Crippen LogP contribution in [0.4, 0.5) is 0 Å². The van der Waals surface area contributed by atoms with Gasteiger partial charge >= 0.3 is 0 Å². The van der Waals surface area contributed by atoms with Crippen LogP contribution in [0.3, 0.4) is 0 Å². The van der Waals surface area contributed by atoms with Crippen LogP contribution in [-0.4, -0.2) is 0 Å². The van der Waals surface area contributed by atoms with E-state index in [4.69, 9.17) is 0 Å². The van der Waals surface area contributed by atoms with Crippen molar-refractivity contribution in [3.05, 3.63) is 70.8 Å². The lowest BCUT2D eigenvalue weighted by atomic mass is 9.84. The molecule has 0 aromatic heterocycles. The molecule has 0 saturated carbocycles. The van der Waals surface area contributed by atoms with Gasteiger partial charge in [0.2, 0.25) is 0 Å². The van der Waals surface area contributed by atoms with Crippen LogP contribution in [0, 0.1) is 0 Å². The van der Waals surface area contributed by atoms with E-state index in [1.54, 1.807) is 0 Å². The summed E-state index contributed by atoms with van der Waals surface area (Å²) in [5.74, 6) is 2.08. The Kier molecular flexibility index (Phi) is 5.39. The van der Waals surface area contributed by atoms with Crippen molar-refractivity contribution in [2.24, 2.45) is 0 Å². The Morgan fingerprint density at radius 1 is 0.367 bits per heavy atom. The van der Waals surface area contributed by atoms with Gasteiger partial charge in [0.1, 0.15) is 0 Å². The van der Waals surface area contributed by atoms with E-state index < -0.39 is 0 Å². The molecule has 0 atom stereocenters. The minimum absolute atomic E-state index is 0.495. The Labute approximate surface area is 182 Å². The highest BCUT2D eigenvalue weighted by atomic mass is 14.2. The third-order valence-electron chi connectivity index (χ3n) is 6.76. The largest absolute Gasteiger partial charge is 0.0587 e.